The van der Waals surface area contributed by atoms with Crippen LogP contribution in [0.5, 0.6) is 0 Å². The molecule has 0 radical (unpaired) electrons. The van der Waals surface area contributed by atoms with Gasteiger partial charge in [-0.2, -0.15) is 0 Å². The molecule has 16 heavy (non-hydrogen) atoms. The van der Waals surface area contributed by atoms with Crippen molar-refractivity contribution in [3.05, 3.63) is 0 Å². The van der Waals surface area contributed by atoms with Gasteiger partial charge in [0, 0.05) is 12.6 Å². The van der Waals surface area contributed by atoms with Crippen LogP contribution in [-0.2, 0) is 14.3 Å². The van der Waals surface area contributed by atoms with Crippen LogP contribution in [0.3, 0.4) is 0 Å². The third kappa shape index (κ3) is 3.19. The van der Waals surface area contributed by atoms with E-state index in [1.54, 1.807) is 0 Å². The molecule has 0 aromatic heterocycles. The number of hydrogen-bond donors (Lipinski definition) is 1. The number of carbonyl (C=O) groups excluding carboxylic acids is 1. The van der Waals surface area contributed by atoms with Crippen molar-refractivity contribution in [1.29, 1.82) is 0 Å². The van der Waals surface area contributed by atoms with Gasteiger partial charge < -0.3 is 15.2 Å². The zero-order valence-electron chi connectivity index (χ0n) is 9.69. The summed E-state index contributed by atoms with van der Waals surface area (Å²) in [6.07, 6.45) is 6.01. The summed E-state index contributed by atoms with van der Waals surface area (Å²) in [6.45, 7) is 1.22. The van der Waals surface area contributed by atoms with Crippen LogP contribution >= 0.6 is 0 Å². The van der Waals surface area contributed by atoms with Crippen LogP contribution in [0.1, 0.15) is 38.5 Å². The molecule has 2 aliphatic rings. The van der Waals surface area contributed by atoms with Crippen LogP contribution in [0.2, 0.25) is 0 Å². The Bertz CT molecular complexity index is 238. The zero-order valence-corrected chi connectivity index (χ0v) is 9.69. The molecule has 4 nitrogen and oxygen atoms in total. The predicted molar refractivity (Wildman–Crippen MR) is 59.9 cm³/mol. The lowest BCUT2D eigenvalue weighted by atomic mass is 9.86. The third-order valence-corrected chi connectivity index (χ3v) is 3.48. The Labute approximate surface area is 96.5 Å². The van der Waals surface area contributed by atoms with Gasteiger partial charge in [0.1, 0.15) is 6.61 Å². The second kappa shape index (κ2) is 5.64. The number of nitrogens with two attached hydrogens (primary N) is 1. The number of carbonyl (C=O) groups is 1. The van der Waals surface area contributed by atoms with Crippen LogP contribution in [-0.4, -0.2) is 31.3 Å². The minimum Gasteiger partial charge on any atom is -0.463 e. The third-order valence-electron chi connectivity index (χ3n) is 3.48. The smallest absolute Gasteiger partial charge is 0.309 e. The molecular formula is C12H21NO3. The first-order valence-electron chi connectivity index (χ1n) is 6.29. The van der Waals surface area contributed by atoms with E-state index >= 15 is 0 Å². The highest BCUT2D eigenvalue weighted by Gasteiger charge is 2.27. The van der Waals surface area contributed by atoms with E-state index in [1.165, 1.54) is 0 Å². The van der Waals surface area contributed by atoms with E-state index in [0.717, 1.165) is 45.1 Å². The fourth-order valence-electron chi connectivity index (χ4n) is 2.51. The molecule has 1 aliphatic heterocycles. The van der Waals surface area contributed by atoms with Crippen molar-refractivity contribution >= 4 is 5.97 Å². The maximum absolute atomic E-state index is 11.8. The Hall–Kier alpha value is -0.610. The van der Waals surface area contributed by atoms with Gasteiger partial charge in [0.05, 0.1) is 12.0 Å². The van der Waals surface area contributed by atoms with Gasteiger partial charge in [-0.3, -0.25) is 4.79 Å². The van der Waals surface area contributed by atoms with Gasteiger partial charge in [0.15, 0.2) is 0 Å². The largest absolute Gasteiger partial charge is 0.463 e. The Morgan fingerprint density at radius 1 is 1.31 bits per heavy atom. The lowest BCUT2D eigenvalue weighted by Gasteiger charge is -2.25. The van der Waals surface area contributed by atoms with Crippen molar-refractivity contribution in [2.24, 2.45) is 11.7 Å². The van der Waals surface area contributed by atoms with Crippen LogP contribution in [0.25, 0.3) is 0 Å². The summed E-state index contributed by atoms with van der Waals surface area (Å²) >= 11 is 0. The summed E-state index contributed by atoms with van der Waals surface area (Å²) in [4.78, 5) is 11.8. The number of hydrogen-bond acceptors (Lipinski definition) is 4. The van der Waals surface area contributed by atoms with Crippen LogP contribution in [0.15, 0.2) is 0 Å². The van der Waals surface area contributed by atoms with Crippen molar-refractivity contribution in [2.75, 3.05) is 13.2 Å². The van der Waals surface area contributed by atoms with E-state index in [1.807, 2.05) is 0 Å². The lowest BCUT2D eigenvalue weighted by Crippen LogP contribution is -2.33. The molecule has 0 aromatic carbocycles. The summed E-state index contributed by atoms with van der Waals surface area (Å²) in [6, 6.07) is 0.175. The Kier molecular flexibility index (Phi) is 4.18. The molecule has 2 N–H and O–H groups in total. The van der Waals surface area contributed by atoms with E-state index in [9.17, 15) is 4.79 Å². The molecule has 1 saturated heterocycles. The van der Waals surface area contributed by atoms with Gasteiger partial charge in [-0.05, 0) is 32.1 Å². The molecule has 0 bridgehead atoms. The monoisotopic (exact) mass is 227 g/mol. The van der Waals surface area contributed by atoms with Crippen LogP contribution in [0.4, 0.5) is 0 Å². The number of esters is 1. The summed E-state index contributed by atoms with van der Waals surface area (Å²) in [7, 11) is 0. The van der Waals surface area contributed by atoms with Crippen molar-refractivity contribution in [3.8, 4) is 0 Å². The molecule has 1 saturated carbocycles. The molecule has 1 heterocycles. The Balaban J connectivity index is 1.70. The first-order valence-corrected chi connectivity index (χ1v) is 6.29. The summed E-state index contributed by atoms with van der Waals surface area (Å²) in [5, 5.41) is 0. The Morgan fingerprint density at radius 3 is 2.88 bits per heavy atom. The molecule has 1 aliphatic carbocycles. The molecule has 92 valence electrons. The molecule has 2 fully saturated rings. The molecular weight excluding hydrogens is 206 g/mol. The number of rotatable bonds is 3. The second-order valence-corrected chi connectivity index (χ2v) is 4.89. The number of ether oxygens (including phenoxy) is 2. The van der Waals surface area contributed by atoms with E-state index < -0.39 is 0 Å². The fraction of sp³-hybridized carbons (Fsp3) is 0.917. The normalized spacial score (nSPS) is 34.9. The van der Waals surface area contributed by atoms with Crippen LogP contribution < -0.4 is 5.73 Å². The molecule has 0 aromatic rings. The van der Waals surface area contributed by atoms with Gasteiger partial charge in [0.25, 0.3) is 0 Å². The minimum absolute atomic E-state index is 0.0187. The molecule has 4 heteroatoms. The predicted octanol–water partition coefficient (Wildman–Crippen LogP) is 1.23. The van der Waals surface area contributed by atoms with Crippen molar-refractivity contribution in [3.63, 3.8) is 0 Å². The summed E-state index contributed by atoms with van der Waals surface area (Å²) in [5.74, 6) is -0.0594. The topological polar surface area (TPSA) is 61.6 Å². The van der Waals surface area contributed by atoms with Gasteiger partial charge in [-0.25, -0.2) is 0 Å². The van der Waals surface area contributed by atoms with Crippen molar-refractivity contribution in [1.82, 2.24) is 0 Å². The van der Waals surface area contributed by atoms with Crippen molar-refractivity contribution < 1.29 is 14.3 Å². The fourth-order valence-corrected chi connectivity index (χ4v) is 2.51. The molecule has 0 amide bonds. The molecule has 2 rings (SSSR count). The van der Waals surface area contributed by atoms with E-state index in [-0.39, 0.29) is 24.0 Å². The summed E-state index contributed by atoms with van der Waals surface area (Å²) in [5.41, 5.74) is 5.85. The second-order valence-electron chi connectivity index (χ2n) is 4.89. The lowest BCUT2D eigenvalue weighted by molar-refractivity contribution is -0.153. The maximum Gasteiger partial charge on any atom is 0.309 e. The summed E-state index contributed by atoms with van der Waals surface area (Å²) < 4.78 is 10.7. The average Bonchev–Trinajstić information content (AvgIpc) is 2.78. The minimum atomic E-state index is -0.0781. The van der Waals surface area contributed by atoms with Gasteiger partial charge in [-0.1, -0.05) is 6.42 Å². The van der Waals surface area contributed by atoms with Gasteiger partial charge in [-0.15, -0.1) is 0 Å². The standard InChI is InChI=1S/C12H21NO3/c13-10-4-1-3-9(7-10)12(14)16-8-11-5-2-6-15-11/h9-11H,1-8,13H2. The van der Waals surface area contributed by atoms with Crippen molar-refractivity contribution in [2.45, 2.75) is 50.7 Å². The highest BCUT2D eigenvalue weighted by atomic mass is 16.6. The van der Waals surface area contributed by atoms with Crippen LogP contribution in [0, 0.1) is 5.92 Å². The SMILES string of the molecule is NC1CCCC(C(=O)OCC2CCCO2)C1. The Morgan fingerprint density at radius 2 is 2.19 bits per heavy atom. The average molecular weight is 227 g/mol. The quantitative estimate of drug-likeness (QED) is 0.736. The van der Waals surface area contributed by atoms with E-state index in [2.05, 4.69) is 0 Å². The first-order chi connectivity index (χ1) is 7.75. The first kappa shape index (κ1) is 11.9. The van der Waals surface area contributed by atoms with E-state index in [0.29, 0.717) is 6.61 Å². The molecule has 0 spiro atoms. The highest BCUT2D eigenvalue weighted by Crippen LogP contribution is 2.24. The zero-order chi connectivity index (χ0) is 11.4. The molecule has 3 unspecified atom stereocenters. The molecule has 3 atom stereocenters. The highest BCUT2D eigenvalue weighted by molar-refractivity contribution is 5.72. The van der Waals surface area contributed by atoms with Gasteiger partial charge >= 0.3 is 5.97 Å². The van der Waals surface area contributed by atoms with E-state index in [4.69, 9.17) is 15.2 Å². The maximum atomic E-state index is 11.8. The van der Waals surface area contributed by atoms with Gasteiger partial charge in [0.2, 0.25) is 0 Å².